The van der Waals surface area contributed by atoms with Crippen LogP contribution < -0.4 is 19.7 Å². The van der Waals surface area contributed by atoms with E-state index in [1.54, 1.807) is 98.7 Å². The molecule has 0 radical (unpaired) electrons. The summed E-state index contributed by atoms with van der Waals surface area (Å²) in [6.45, 7) is 3.02. The van der Waals surface area contributed by atoms with Gasteiger partial charge in [-0.25, -0.2) is 34.4 Å². The van der Waals surface area contributed by atoms with Gasteiger partial charge in [0, 0.05) is 109 Å². The van der Waals surface area contributed by atoms with E-state index in [1.807, 2.05) is 36.4 Å². The summed E-state index contributed by atoms with van der Waals surface area (Å²) in [5.41, 5.74) is 10.3. The number of hydrogen-bond acceptors (Lipinski definition) is 16. The highest BCUT2D eigenvalue weighted by Gasteiger charge is 2.30. The van der Waals surface area contributed by atoms with E-state index in [0.717, 1.165) is 141 Å². The zero-order chi connectivity index (χ0) is 72.1. The van der Waals surface area contributed by atoms with E-state index >= 15 is 0 Å². The van der Waals surface area contributed by atoms with Crippen LogP contribution in [0.2, 0.25) is 25.1 Å². The number of aliphatic hydroxyl groups is 1. The minimum Gasteiger partial charge on any atom is -0.495 e. The van der Waals surface area contributed by atoms with Crippen LogP contribution >= 0.6 is 58.0 Å². The van der Waals surface area contributed by atoms with Crippen LogP contribution in [0.3, 0.4) is 0 Å². The molecule has 0 bridgehead atoms. The molecule has 2 atom stereocenters. The predicted octanol–water partition coefficient (Wildman–Crippen LogP) is 14.0. The second-order valence-corrected chi connectivity index (χ2v) is 31.7. The molecule has 2 fully saturated rings. The maximum absolute atomic E-state index is 14.3. The van der Waals surface area contributed by atoms with E-state index in [0.29, 0.717) is 47.3 Å². The molecular weight excluding hydrogens is 1460 g/mol. The fourth-order valence-corrected chi connectivity index (χ4v) is 15.3. The number of fused-ring (bicyclic) bond motifs is 5. The van der Waals surface area contributed by atoms with E-state index in [-0.39, 0.29) is 38.0 Å². The van der Waals surface area contributed by atoms with Crippen molar-refractivity contribution in [3.05, 3.63) is 189 Å². The molecule has 8 N–H and O–H groups in total. The average Bonchev–Trinajstić information content (AvgIpc) is 1.78. The maximum Gasteiger partial charge on any atom is 0.240 e. The van der Waals surface area contributed by atoms with Crippen molar-refractivity contribution >= 4 is 154 Å². The summed E-state index contributed by atoms with van der Waals surface area (Å²) in [7, 11) is -5.73. The standard InChI is InChI=1S/C15H13ClN2O3S.C14H10ClFN2O2S.C14H12ClN3O2S.C13H15ClN4O.C13H15ClN2O2/c1-21-14-5-9(3-4-15(14)22(2,19)20)11-6-10(16)7-13-12(11)8-17-18-13;1-21(19,20)9-2-3-10(13(16)6-9)11-4-8(15)5-14-12(11)7-17-18-14;1-16-21(19,20)11-4-2-9(3-5-11)12-6-10(15)7-14-13(12)8-17-18-14;1-15-13(19)8-2-3-18(7-8)12-5-9(14)4-11-10(12)6-16-17-11;14-9-5-10(11-7-15-16-12(11)6-9)13(17)8-1-3-18-4-2-8/h3-8H,1-2H3,(H,17,18);2-7H,1H3,(H,17,18);2-8,16H,1H3,(H,17,18);4-6,8H,2-3,7H2,1H3,(H,15,19)(H,16,17);5-8,13,17H,1-4H2,(H,15,16). The van der Waals surface area contributed by atoms with Gasteiger partial charge in [0.1, 0.15) is 16.5 Å². The van der Waals surface area contributed by atoms with E-state index in [2.05, 4.69) is 65.9 Å². The Labute approximate surface area is 604 Å². The number of halogens is 6. The van der Waals surface area contributed by atoms with Crippen LogP contribution in [0.4, 0.5) is 10.1 Å². The Morgan fingerprint density at radius 1 is 0.564 bits per heavy atom. The van der Waals surface area contributed by atoms with Crippen molar-refractivity contribution in [2.45, 2.75) is 40.1 Å². The van der Waals surface area contributed by atoms with Crippen LogP contribution in [0.25, 0.3) is 87.9 Å². The molecule has 13 aromatic rings. The van der Waals surface area contributed by atoms with Crippen LogP contribution in [-0.2, 0) is 39.2 Å². The first-order valence-electron chi connectivity index (χ1n) is 31.0. The Morgan fingerprint density at radius 3 is 1.54 bits per heavy atom. The van der Waals surface area contributed by atoms with Crippen LogP contribution in [0, 0.1) is 17.7 Å². The topological polar surface area (TPSA) is 329 Å². The summed E-state index contributed by atoms with van der Waals surface area (Å²) in [6, 6.07) is 33.4. The van der Waals surface area contributed by atoms with Crippen LogP contribution in [0.15, 0.2) is 167 Å². The highest BCUT2D eigenvalue weighted by Crippen LogP contribution is 2.40. The number of sulfone groups is 2. The van der Waals surface area contributed by atoms with Crippen molar-refractivity contribution in [3.63, 3.8) is 0 Å². The van der Waals surface area contributed by atoms with Gasteiger partial charge in [0.05, 0.1) is 87.5 Å². The van der Waals surface area contributed by atoms with Gasteiger partial charge in [-0.15, -0.1) is 0 Å². The molecule has 2 unspecified atom stereocenters. The number of carbonyl (C=O) groups excluding carboxylic acids is 1. The van der Waals surface area contributed by atoms with Crippen molar-refractivity contribution in [3.8, 4) is 39.1 Å². The van der Waals surface area contributed by atoms with Gasteiger partial charge in [0.2, 0.25) is 15.9 Å². The van der Waals surface area contributed by atoms with E-state index in [1.165, 1.54) is 32.4 Å². The average molecular weight is 1530 g/mol. The molecule has 2 aliphatic heterocycles. The molecule has 7 heterocycles. The highest BCUT2D eigenvalue weighted by molar-refractivity contribution is 7.91. The van der Waals surface area contributed by atoms with Crippen LogP contribution in [0.5, 0.6) is 5.75 Å². The summed E-state index contributed by atoms with van der Waals surface area (Å²) in [5.74, 6) is 0.0635. The van der Waals surface area contributed by atoms with Gasteiger partial charge in [-0.05, 0) is 163 Å². The molecule has 15 rings (SSSR count). The Kier molecular flexibility index (Phi) is 22.8. The second-order valence-electron chi connectivity index (χ2n) is 23.7. The lowest BCUT2D eigenvalue weighted by molar-refractivity contribution is -0.123. The number of amides is 1. The molecular formula is C69H65Cl5FN13O10S3. The fourth-order valence-electron chi connectivity index (χ4n) is 12.0. The number of sulfonamides is 1. The van der Waals surface area contributed by atoms with Crippen molar-refractivity contribution < 1.29 is 49.0 Å². The third kappa shape index (κ3) is 16.9. The highest BCUT2D eigenvalue weighted by atomic mass is 35.5. The monoisotopic (exact) mass is 1530 g/mol. The van der Waals surface area contributed by atoms with Crippen LogP contribution in [-0.4, -0.2) is 147 Å². The molecule has 2 saturated heterocycles. The smallest absolute Gasteiger partial charge is 0.240 e. The van der Waals surface area contributed by atoms with Gasteiger partial charge in [-0.2, -0.15) is 25.5 Å². The summed E-state index contributed by atoms with van der Waals surface area (Å²) >= 11 is 30.5. The maximum atomic E-state index is 14.3. The number of methoxy groups -OCH3 is 1. The molecule has 2 aliphatic rings. The number of carbonyl (C=O) groups is 1. The number of aromatic amines is 5. The Bertz CT molecular complexity index is 5560. The van der Waals surface area contributed by atoms with Gasteiger partial charge in [0.15, 0.2) is 19.7 Å². The minimum absolute atomic E-state index is 0.0472. The SMILES string of the molecule is CNC(=O)C1CCN(c2cc(Cl)cc3[nH]ncc23)C1.CNS(=O)(=O)c1ccc(-c2cc(Cl)cc3[nH]ncc23)cc1.COc1cc(-c2cc(Cl)cc3[nH]ncc23)ccc1S(C)(=O)=O.CS(=O)(=O)c1ccc(-c2cc(Cl)cc3[nH]ncc23)c(F)c1.OC(c1cc(Cl)cc2[nH]ncc12)C1CCOCC1. The lowest BCUT2D eigenvalue weighted by Crippen LogP contribution is -2.30. The van der Waals surface area contributed by atoms with Crippen molar-refractivity contribution in [1.82, 2.24) is 61.0 Å². The number of benzene rings is 8. The van der Waals surface area contributed by atoms with E-state index < -0.39 is 41.6 Å². The predicted molar refractivity (Wildman–Crippen MR) is 394 cm³/mol. The first-order chi connectivity index (χ1) is 48.2. The number of hydrogen-bond donors (Lipinski definition) is 8. The zero-order valence-corrected chi connectivity index (χ0v) is 60.6. The van der Waals surface area contributed by atoms with E-state index in [4.69, 9.17) is 67.5 Å². The largest absolute Gasteiger partial charge is 0.495 e. The van der Waals surface area contributed by atoms with Gasteiger partial charge >= 0.3 is 0 Å². The molecule has 5 aromatic heterocycles. The fraction of sp³-hybridized carbons (Fsp3) is 0.217. The lowest BCUT2D eigenvalue weighted by atomic mass is 9.88. The molecule has 526 valence electrons. The normalized spacial score (nSPS) is 14.5. The summed E-state index contributed by atoms with van der Waals surface area (Å²) in [4.78, 5) is 14.2. The minimum atomic E-state index is -3.45. The molecule has 23 nitrogen and oxygen atoms in total. The van der Waals surface area contributed by atoms with Crippen molar-refractivity contribution in [2.24, 2.45) is 11.8 Å². The number of H-pyrrole nitrogens is 5. The number of aromatic nitrogens is 10. The molecule has 0 spiro atoms. The van der Waals surface area contributed by atoms with Crippen molar-refractivity contribution in [1.29, 1.82) is 0 Å². The van der Waals surface area contributed by atoms with Gasteiger partial charge in [-0.1, -0.05) is 82.3 Å². The van der Waals surface area contributed by atoms with Gasteiger partial charge in [0.25, 0.3) is 0 Å². The lowest BCUT2D eigenvalue weighted by Gasteiger charge is -2.27. The summed E-state index contributed by atoms with van der Waals surface area (Å²) in [6.07, 6.45) is 12.9. The van der Waals surface area contributed by atoms with Crippen LogP contribution in [0.1, 0.15) is 30.9 Å². The summed E-state index contributed by atoms with van der Waals surface area (Å²) < 4.78 is 97.0. The Hall–Kier alpha value is -8.71. The molecule has 1 amide bonds. The number of ether oxygens (including phenoxy) is 2. The molecule has 101 heavy (non-hydrogen) atoms. The Morgan fingerprint density at radius 2 is 1.03 bits per heavy atom. The van der Waals surface area contributed by atoms with Crippen molar-refractivity contribution in [2.75, 3.05) is 64.9 Å². The first kappa shape index (κ1) is 73.5. The molecule has 0 aliphatic carbocycles. The Balaban J connectivity index is 0.000000127. The number of aliphatic hydroxyl groups excluding tert-OH is 1. The first-order valence-corrected chi connectivity index (χ1v) is 38.1. The number of anilines is 1. The number of nitrogens with zero attached hydrogens (tertiary/aromatic N) is 6. The van der Waals surface area contributed by atoms with E-state index in [9.17, 15) is 39.5 Å². The van der Waals surface area contributed by atoms with Gasteiger partial charge < -0.3 is 24.8 Å². The third-order valence-electron chi connectivity index (χ3n) is 17.1. The quantitative estimate of drug-likeness (QED) is 0.0563. The zero-order valence-electron chi connectivity index (χ0n) is 54.4. The number of rotatable bonds is 12. The number of nitrogens with one attached hydrogen (secondary N) is 7. The molecule has 32 heteroatoms. The molecule has 0 saturated carbocycles. The third-order valence-corrected chi connectivity index (χ3v) is 21.8. The second kappa shape index (κ2) is 31.3. The summed E-state index contributed by atoms with van der Waals surface area (Å²) in [5, 5.41) is 55.0. The van der Waals surface area contributed by atoms with Gasteiger partial charge in [-0.3, -0.25) is 30.3 Å². The molecule has 8 aromatic carbocycles.